The molecular weight excluding hydrogens is 278 g/mol. The van der Waals surface area contributed by atoms with Crippen molar-refractivity contribution in [3.05, 3.63) is 54.2 Å². The molecule has 2 heterocycles. The number of hydrogen-bond donors (Lipinski definition) is 2. The molecule has 0 aliphatic heterocycles. The molecule has 0 bridgehead atoms. The van der Waals surface area contributed by atoms with E-state index in [1.165, 1.54) is 6.26 Å². The Bertz CT molecular complexity index is 728. The Morgan fingerprint density at radius 2 is 2.14 bits per heavy atom. The fourth-order valence-electron chi connectivity index (χ4n) is 2.46. The number of hydrogen-bond acceptors (Lipinski definition) is 3. The van der Waals surface area contributed by atoms with Gasteiger partial charge in [-0.25, -0.2) is 4.98 Å². The molecule has 5 heteroatoms. The summed E-state index contributed by atoms with van der Waals surface area (Å²) in [4.78, 5) is 20.2. The molecule has 0 saturated heterocycles. The van der Waals surface area contributed by atoms with Crippen molar-refractivity contribution in [1.82, 2.24) is 15.3 Å². The van der Waals surface area contributed by atoms with Gasteiger partial charge in [0.2, 0.25) is 0 Å². The van der Waals surface area contributed by atoms with E-state index in [2.05, 4.69) is 29.1 Å². The molecule has 2 aromatic heterocycles. The van der Waals surface area contributed by atoms with E-state index < -0.39 is 0 Å². The zero-order valence-corrected chi connectivity index (χ0v) is 12.7. The number of fused-ring (bicyclic) bond motifs is 1. The molecule has 0 saturated carbocycles. The number of nitrogens with zero attached hydrogens (tertiary/aromatic N) is 1. The first-order chi connectivity index (χ1) is 10.7. The maximum atomic E-state index is 12.3. The van der Waals surface area contributed by atoms with Gasteiger partial charge in [0.15, 0.2) is 5.76 Å². The number of carbonyl (C=O) groups is 1. The van der Waals surface area contributed by atoms with E-state index in [1.54, 1.807) is 12.1 Å². The van der Waals surface area contributed by atoms with Crippen LogP contribution >= 0.6 is 0 Å². The van der Waals surface area contributed by atoms with Crippen LogP contribution < -0.4 is 5.32 Å². The molecule has 2 atom stereocenters. The van der Waals surface area contributed by atoms with Crippen molar-refractivity contribution in [1.29, 1.82) is 0 Å². The van der Waals surface area contributed by atoms with Gasteiger partial charge in [-0.15, -0.1) is 0 Å². The number of aromatic amines is 1. The molecule has 1 aromatic carbocycles. The number of imidazole rings is 1. The summed E-state index contributed by atoms with van der Waals surface area (Å²) in [6, 6.07) is 11.0. The van der Waals surface area contributed by atoms with E-state index in [4.69, 9.17) is 4.42 Å². The quantitative estimate of drug-likeness (QED) is 0.754. The van der Waals surface area contributed by atoms with Crippen molar-refractivity contribution in [3.8, 4) is 0 Å². The highest BCUT2D eigenvalue weighted by Crippen LogP contribution is 2.25. The lowest BCUT2D eigenvalue weighted by Crippen LogP contribution is -2.33. The predicted molar refractivity (Wildman–Crippen MR) is 84.5 cm³/mol. The largest absolute Gasteiger partial charge is 0.459 e. The fraction of sp³-hybridized carbons (Fsp3) is 0.294. The topological polar surface area (TPSA) is 70.9 Å². The smallest absolute Gasteiger partial charge is 0.287 e. The second-order valence-electron chi connectivity index (χ2n) is 5.45. The summed E-state index contributed by atoms with van der Waals surface area (Å²) >= 11 is 0. The number of para-hydroxylation sites is 2. The van der Waals surface area contributed by atoms with Crippen LogP contribution in [-0.4, -0.2) is 15.9 Å². The van der Waals surface area contributed by atoms with Gasteiger partial charge in [0.25, 0.3) is 5.91 Å². The van der Waals surface area contributed by atoms with E-state index in [-0.39, 0.29) is 17.9 Å². The van der Waals surface area contributed by atoms with Gasteiger partial charge in [-0.2, -0.15) is 0 Å². The number of rotatable bonds is 5. The van der Waals surface area contributed by atoms with Gasteiger partial charge < -0.3 is 14.7 Å². The molecule has 5 nitrogen and oxygen atoms in total. The molecular formula is C17H19N3O2. The number of carbonyl (C=O) groups excluding carboxylic acids is 1. The molecule has 3 aromatic rings. The van der Waals surface area contributed by atoms with Crippen molar-refractivity contribution in [3.63, 3.8) is 0 Å². The maximum Gasteiger partial charge on any atom is 0.287 e. The first-order valence-corrected chi connectivity index (χ1v) is 7.48. The molecule has 0 fully saturated rings. The highest BCUT2D eigenvalue weighted by atomic mass is 16.3. The summed E-state index contributed by atoms with van der Waals surface area (Å²) < 4.78 is 5.16. The second kappa shape index (κ2) is 6.05. The number of amides is 1. The van der Waals surface area contributed by atoms with Crippen molar-refractivity contribution in [2.24, 2.45) is 5.92 Å². The normalized spacial score (nSPS) is 13.9. The van der Waals surface area contributed by atoms with Crippen LogP contribution in [0, 0.1) is 5.92 Å². The summed E-state index contributed by atoms with van der Waals surface area (Å²) in [6.45, 7) is 4.19. The SMILES string of the molecule is CC[C@@H](C)[C@@H](NC(=O)c1ccco1)c1nc2ccccc2[nH]1. The first kappa shape index (κ1) is 14.4. The molecule has 3 rings (SSSR count). The minimum atomic E-state index is -0.226. The third-order valence-electron chi connectivity index (χ3n) is 3.95. The Morgan fingerprint density at radius 3 is 2.82 bits per heavy atom. The lowest BCUT2D eigenvalue weighted by molar-refractivity contribution is 0.0892. The summed E-state index contributed by atoms with van der Waals surface area (Å²) in [5, 5.41) is 3.02. The Morgan fingerprint density at radius 1 is 1.32 bits per heavy atom. The Balaban J connectivity index is 1.90. The first-order valence-electron chi connectivity index (χ1n) is 7.48. The standard InChI is InChI=1S/C17H19N3O2/c1-3-11(2)15(20-17(21)14-9-6-10-22-14)16-18-12-7-4-5-8-13(12)19-16/h4-11,15H,3H2,1-2H3,(H,18,19)(H,20,21)/t11-,15-/m1/s1. The second-order valence-corrected chi connectivity index (χ2v) is 5.45. The molecule has 114 valence electrons. The Kier molecular flexibility index (Phi) is 3.96. The van der Waals surface area contributed by atoms with Crippen molar-refractivity contribution in [2.45, 2.75) is 26.3 Å². The van der Waals surface area contributed by atoms with Gasteiger partial charge in [-0.05, 0) is 30.2 Å². The van der Waals surface area contributed by atoms with Crippen LogP contribution in [0.15, 0.2) is 47.1 Å². The summed E-state index contributed by atoms with van der Waals surface area (Å²) in [7, 11) is 0. The number of furan rings is 1. The van der Waals surface area contributed by atoms with Gasteiger partial charge >= 0.3 is 0 Å². The molecule has 0 unspecified atom stereocenters. The molecule has 1 amide bonds. The van der Waals surface area contributed by atoms with Crippen LogP contribution in [0.4, 0.5) is 0 Å². The van der Waals surface area contributed by atoms with E-state index in [0.717, 1.165) is 23.3 Å². The van der Waals surface area contributed by atoms with E-state index in [1.807, 2.05) is 24.3 Å². The minimum Gasteiger partial charge on any atom is -0.459 e. The monoisotopic (exact) mass is 297 g/mol. The highest BCUT2D eigenvalue weighted by Gasteiger charge is 2.24. The summed E-state index contributed by atoms with van der Waals surface area (Å²) in [5.41, 5.74) is 1.87. The number of H-pyrrole nitrogens is 1. The molecule has 0 aliphatic rings. The van der Waals surface area contributed by atoms with E-state index in [9.17, 15) is 4.79 Å². The van der Waals surface area contributed by atoms with Crippen molar-refractivity contribution < 1.29 is 9.21 Å². The van der Waals surface area contributed by atoms with Crippen LogP contribution in [0.1, 0.15) is 42.7 Å². The zero-order chi connectivity index (χ0) is 15.5. The molecule has 22 heavy (non-hydrogen) atoms. The third-order valence-corrected chi connectivity index (χ3v) is 3.95. The van der Waals surface area contributed by atoms with Crippen LogP contribution in [0.2, 0.25) is 0 Å². The number of nitrogens with one attached hydrogen (secondary N) is 2. The van der Waals surface area contributed by atoms with Gasteiger partial charge in [0, 0.05) is 0 Å². The molecule has 2 N–H and O–H groups in total. The fourth-order valence-corrected chi connectivity index (χ4v) is 2.46. The van der Waals surface area contributed by atoms with Crippen molar-refractivity contribution >= 4 is 16.9 Å². The van der Waals surface area contributed by atoms with E-state index in [0.29, 0.717) is 5.76 Å². The summed E-state index contributed by atoms with van der Waals surface area (Å²) in [6.07, 6.45) is 2.43. The maximum absolute atomic E-state index is 12.3. The van der Waals surface area contributed by atoms with Crippen LogP contribution in [-0.2, 0) is 0 Å². The van der Waals surface area contributed by atoms with Gasteiger partial charge in [0.1, 0.15) is 5.82 Å². The summed E-state index contributed by atoms with van der Waals surface area (Å²) in [5.74, 6) is 1.11. The van der Waals surface area contributed by atoms with E-state index >= 15 is 0 Å². The molecule has 0 radical (unpaired) electrons. The average molecular weight is 297 g/mol. The van der Waals surface area contributed by atoms with Crippen molar-refractivity contribution in [2.75, 3.05) is 0 Å². The van der Waals surface area contributed by atoms with Gasteiger partial charge in [0.05, 0.1) is 23.3 Å². The average Bonchev–Trinajstić information content (AvgIpc) is 3.20. The van der Waals surface area contributed by atoms with Crippen LogP contribution in [0.25, 0.3) is 11.0 Å². The van der Waals surface area contributed by atoms with Gasteiger partial charge in [-0.1, -0.05) is 32.4 Å². The molecule has 0 spiro atoms. The predicted octanol–water partition coefficient (Wildman–Crippen LogP) is 3.67. The van der Waals surface area contributed by atoms with Crippen LogP contribution in [0.3, 0.4) is 0 Å². The van der Waals surface area contributed by atoms with Gasteiger partial charge in [-0.3, -0.25) is 4.79 Å². The zero-order valence-electron chi connectivity index (χ0n) is 12.7. The lowest BCUT2D eigenvalue weighted by Gasteiger charge is -2.21. The Hall–Kier alpha value is -2.56. The number of aromatic nitrogens is 2. The number of benzene rings is 1. The molecule has 0 aliphatic carbocycles. The highest BCUT2D eigenvalue weighted by molar-refractivity contribution is 5.91. The minimum absolute atomic E-state index is 0.185. The third kappa shape index (κ3) is 2.74. The van der Waals surface area contributed by atoms with Crippen LogP contribution in [0.5, 0.6) is 0 Å². The Labute approximate surface area is 128 Å². The lowest BCUT2D eigenvalue weighted by atomic mass is 9.98.